The van der Waals surface area contributed by atoms with Crippen LogP contribution < -0.4 is 0 Å². The number of halogens is 1. The van der Waals surface area contributed by atoms with Gasteiger partial charge in [-0.15, -0.1) is 11.6 Å². The molecule has 0 aromatic heterocycles. The zero-order chi connectivity index (χ0) is 15.1. The summed E-state index contributed by atoms with van der Waals surface area (Å²) in [7, 11) is 0. The highest BCUT2D eigenvalue weighted by atomic mass is 35.5. The number of carbonyl (C=O) groups excluding carboxylic acids is 2. The van der Waals surface area contributed by atoms with Gasteiger partial charge in [0.15, 0.2) is 0 Å². The standard InChI is InChI=1S/C15H19ClO4/c1-10(2)8-19-14(17)12-4-6-13(7-5-12)15(18)20-9-11(3)16/h4-7,10-11H,8-9H2,1-3H3. The summed E-state index contributed by atoms with van der Waals surface area (Å²) in [5.41, 5.74) is 0.788. The van der Waals surface area contributed by atoms with Crippen LogP contribution in [0.3, 0.4) is 0 Å². The van der Waals surface area contributed by atoms with E-state index < -0.39 is 11.9 Å². The Kier molecular flexibility index (Phi) is 6.52. The third kappa shape index (κ3) is 5.61. The lowest BCUT2D eigenvalue weighted by Crippen LogP contribution is -2.13. The normalized spacial score (nSPS) is 12.1. The van der Waals surface area contributed by atoms with Crippen LogP contribution >= 0.6 is 11.6 Å². The van der Waals surface area contributed by atoms with E-state index in [1.54, 1.807) is 19.1 Å². The molecular formula is C15H19ClO4. The molecule has 1 unspecified atom stereocenters. The van der Waals surface area contributed by atoms with Crippen molar-refractivity contribution in [2.75, 3.05) is 13.2 Å². The second kappa shape index (κ2) is 7.90. The molecule has 0 aliphatic heterocycles. The first-order valence-corrected chi connectivity index (χ1v) is 6.92. The van der Waals surface area contributed by atoms with Gasteiger partial charge in [-0.2, -0.15) is 0 Å². The number of hydrogen-bond acceptors (Lipinski definition) is 4. The number of alkyl halides is 1. The van der Waals surface area contributed by atoms with E-state index in [1.165, 1.54) is 12.1 Å². The first-order chi connectivity index (χ1) is 9.40. The number of esters is 2. The van der Waals surface area contributed by atoms with Crippen LogP contribution in [0, 0.1) is 5.92 Å². The van der Waals surface area contributed by atoms with Gasteiger partial charge in [-0.1, -0.05) is 13.8 Å². The van der Waals surface area contributed by atoms with Crippen molar-refractivity contribution in [2.45, 2.75) is 26.1 Å². The first-order valence-electron chi connectivity index (χ1n) is 6.48. The highest BCUT2D eigenvalue weighted by Crippen LogP contribution is 2.09. The number of benzene rings is 1. The summed E-state index contributed by atoms with van der Waals surface area (Å²) in [6.07, 6.45) is 0. The van der Waals surface area contributed by atoms with E-state index in [0.29, 0.717) is 17.7 Å². The summed E-state index contributed by atoms with van der Waals surface area (Å²) in [5.74, 6) is -0.571. The van der Waals surface area contributed by atoms with Gasteiger partial charge >= 0.3 is 11.9 Å². The molecular weight excluding hydrogens is 280 g/mol. The molecule has 0 bridgehead atoms. The van der Waals surface area contributed by atoms with Gasteiger partial charge in [-0.05, 0) is 37.1 Å². The lowest BCUT2D eigenvalue weighted by Gasteiger charge is -2.08. The van der Waals surface area contributed by atoms with Crippen molar-refractivity contribution in [1.82, 2.24) is 0 Å². The molecule has 0 heterocycles. The zero-order valence-corrected chi connectivity index (χ0v) is 12.6. The molecule has 0 aliphatic rings. The van der Waals surface area contributed by atoms with Gasteiger partial charge in [0.05, 0.1) is 23.1 Å². The summed E-state index contributed by atoms with van der Waals surface area (Å²) < 4.78 is 10.1. The minimum absolute atomic E-state index is 0.151. The topological polar surface area (TPSA) is 52.6 Å². The molecule has 0 aliphatic carbocycles. The third-order valence-corrected chi connectivity index (χ3v) is 2.47. The fraction of sp³-hybridized carbons (Fsp3) is 0.467. The van der Waals surface area contributed by atoms with Crippen LogP contribution in [0.25, 0.3) is 0 Å². The Bertz CT molecular complexity index is 408. The Morgan fingerprint density at radius 3 is 1.70 bits per heavy atom. The average Bonchev–Trinajstić information content (AvgIpc) is 2.42. The maximum Gasteiger partial charge on any atom is 0.338 e. The predicted molar refractivity (Wildman–Crippen MR) is 77.2 cm³/mol. The van der Waals surface area contributed by atoms with Gasteiger partial charge in [0.1, 0.15) is 6.61 Å². The number of hydrogen-bond donors (Lipinski definition) is 0. The fourth-order valence-electron chi connectivity index (χ4n) is 1.34. The molecule has 1 rings (SSSR count). The zero-order valence-electron chi connectivity index (χ0n) is 11.9. The predicted octanol–water partition coefficient (Wildman–Crippen LogP) is 3.28. The molecule has 1 aromatic rings. The molecule has 0 saturated carbocycles. The van der Waals surface area contributed by atoms with Crippen molar-refractivity contribution in [3.05, 3.63) is 35.4 Å². The molecule has 0 fully saturated rings. The van der Waals surface area contributed by atoms with E-state index in [0.717, 1.165) is 0 Å². The Morgan fingerprint density at radius 1 is 0.950 bits per heavy atom. The Balaban J connectivity index is 2.59. The maximum absolute atomic E-state index is 11.7. The van der Waals surface area contributed by atoms with Gasteiger partial charge in [0.2, 0.25) is 0 Å². The Hall–Kier alpha value is -1.55. The highest BCUT2D eigenvalue weighted by molar-refractivity contribution is 6.20. The SMILES string of the molecule is CC(C)COC(=O)c1ccc(C(=O)OCC(C)Cl)cc1. The van der Waals surface area contributed by atoms with Gasteiger partial charge in [0.25, 0.3) is 0 Å². The van der Waals surface area contributed by atoms with E-state index in [4.69, 9.17) is 21.1 Å². The quantitative estimate of drug-likeness (QED) is 0.597. The minimum Gasteiger partial charge on any atom is -0.462 e. The second-order valence-electron chi connectivity index (χ2n) is 4.95. The second-order valence-corrected chi connectivity index (χ2v) is 5.69. The summed E-state index contributed by atoms with van der Waals surface area (Å²) in [6.45, 7) is 6.19. The molecule has 1 atom stereocenters. The van der Waals surface area contributed by atoms with E-state index in [2.05, 4.69) is 0 Å². The summed E-state index contributed by atoms with van der Waals surface area (Å²) >= 11 is 5.70. The van der Waals surface area contributed by atoms with E-state index in [1.807, 2.05) is 13.8 Å². The van der Waals surface area contributed by atoms with E-state index in [9.17, 15) is 9.59 Å². The van der Waals surface area contributed by atoms with Crippen LogP contribution in [-0.2, 0) is 9.47 Å². The van der Waals surface area contributed by atoms with Crippen molar-refractivity contribution in [3.8, 4) is 0 Å². The lowest BCUT2D eigenvalue weighted by molar-refractivity contribution is 0.0455. The van der Waals surface area contributed by atoms with Crippen LogP contribution in [0.15, 0.2) is 24.3 Å². The summed E-state index contributed by atoms with van der Waals surface area (Å²) in [5, 5.41) is -0.232. The molecule has 0 spiro atoms. The number of rotatable bonds is 6. The largest absolute Gasteiger partial charge is 0.462 e. The highest BCUT2D eigenvalue weighted by Gasteiger charge is 2.12. The monoisotopic (exact) mass is 298 g/mol. The molecule has 0 N–H and O–H groups in total. The first kappa shape index (κ1) is 16.5. The summed E-state index contributed by atoms with van der Waals surface area (Å²) in [6, 6.07) is 6.16. The molecule has 4 nitrogen and oxygen atoms in total. The molecule has 0 saturated heterocycles. The van der Waals surface area contributed by atoms with Crippen molar-refractivity contribution in [1.29, 1.82) is 0 Å². The number of carbonyl (C=O) groups is 2. The lowest BCUT2D eigenvalue weighted by atomic mass is 10.1. The molecule has 1 aromatic carbocycles. The van der Waals surface area contributed by atoms with Crippen molar-refractivity contribution >= 4 is 23.5 Å². The fourth-order valence-corrected chi connectivity index (χ4v) is 1.40. The van der Waals surface area contributed by atoms with E-state index in [-0.39, 0.29) is 17.9 Å². The summed E-state index contributed by atoms with van der Waals surface area (Å²) in [4.78, 5) is 23.3. The molecule has 0 amide bonds. The smallest absolute Gasteiger partial charge is 0.338 e. The maximum atomic E-state index is 11.7. The number of ether oxygens (including phenoxy) is 2. The Morgan fingerprint density at radius 2 is 1.35 bits per heavy atom. The van der Waals surface area contributed by atoms with Crippen LogP contribution in [0.4, 0.5) is 0 Å². The molecule has 110 valence electrons. The van der Waals surface area contributed by atoms with Gasteiger partial charge in [-0.25, -0.2) is 9.59 Å². The van der Waals surface area contributed by atoms with Crippen LogP contribution in [-0.4, -0.2) is 30.5 Å². The van der Waals surface area contributed by atoms with E-state index >= 15 is 0 Å². The van der Waals surface area contributed by atoms with Crippen molar-refractivity contribution in [2.24, 2.45) is 5.92 Å². The van der Waals surface area contributed by atoms with Crippen LogP contribution in [0.5, 0.6) is 0 Å². The van der Waals surface area contributed by atoms with Gasteiger partial charge < -0.3 is 9.47 Å². The van der Waals surface area contributed by atoms with Gasteiger partial charge in [0, 0.05) is 0 Å². The van der Waals surface area contributed by atoms with Crippen LogP contribution in [0.2, 0.25) is 0 Å². The Labute approximate surface area is 124 Å². The van der Waals surface area contributed by atoms with Gasteiger partial charge in [-0.3, -0.25) is 0 Å². The van der Waals surface area contributed by atoms with Crippen molar-refractivity contribution in [3.63, 3.8) is 0 Å². The molecule has 5 heteroatoms. The minimum atomic E-state index is -0.459. The average molecular weight is 299 g/mol. The third-order valence-electron chi connectivity index (χ3n) is 2.35. The molecule has 0 radical (unpaired) electrons. The van der Waals surface area contributed by atoms with Crippen molar-refractivity contribution < 1.29 is 19.1 Å². The molecule has 20 heavy (non-hydrogen) atoms. The van der Waals surface area contributed by atoms with Crippen LogP contribution in [0.1, 0.15) is 41.5 Å².